The fourth-order valence-electron chi connectivity index (χ4n) is 2.77. The van der Waals surface area contributed by atoms with Crippen LogP contribution in [0.1, 0.15) is 42.1 Å². The number of fused-ring (bicyclic) bond motifs is 1. The zero-order valence-corrected chi connectivity index (χ0v) is 11.7. The van der Waals surface area contributed by atoms with Crippen LogP contribution >= 0.6 is 0 Å². The summed E-state index contributed by atoms with van der Waals surface area (Å²) in [4.78, 5) is 11.1. The van der Waals surface area contributed by atoms with Crippen LogP contribution in [0.4, 0.5) is 0 Å². The summed E-state index contributed by atoms with van der Waals surface area (Å²) in [7, 11) is 0. The van der Waals surface area contributed by atoms with Crippen LogP contribution in [0.5, 0.6) is 0 Å². The van der Waals surface area contributed by atoms with Crippen molar-refractivity contribution in [3.8, 4) is 0 Å². The zero-order valence-electron chi connectivity index (χ0n) is 11.7. The van der Waals surface area contributed by atoms with Crippen LogP contribution in [-0.2, 0) is 13.1 Å². The highest BCUT2D eigenvalue weighted by Crippen LogP contribution is 2.24. The van der Waals surface area contributed by atoms with Gasteiger partial charge in [0.1, 0.15) is 0 Å². The largest absolute Gasteiger partial charge is 0.478 e. The Bertz CT molecular complexity index is 641. The lowest BCUT2D eigenvalue weighted by Crippen LogP contribution is -2.34. The number of hydrogen-bond acceptors (Lipinski definition) is 2. The third-order valence-electron chi connectivity index (χ3n) is 4.24. The van der Waals surface area contributed by atoms with E-state index in [1.54, 1.807) is 12.1 Å². The van der Waals surface area contributed by atoms with Crippen molar-refractivity contribution in [2.75, 3.05) is 0 Å². The molecule has 4 nitrogen and oxygen atoms in total. The molecule has 0 bridgehead atoms. The maximum atomic E-state index is 11.1. The van der Waals surface area contributed by atoms with Gasteiger partial charge in [0, 0.05) is 36.2 Å². The molecule has 1 aliphatic carbocycles. The summed E-state index contributed by atoms with van der Waals surface area (Å²) in [5.41, 5.74) is 2.62. The molecule has 0 aliphatic heterocycles. The summed E-state index contributed by atoms with van der Waals surface area (Å²) < 4.78 is 2.12. The lowest BCUT2D eigenvalue weighted by atomic mass is 9.93. The summed E-state index contributed by atoms with van der Waals surface area (Å²) in [5.74, 6) is -0.870. The molecule has 2 aromatic rings. The smallest absolute Gasteiger partial charge is 0.335 e. The molecule has 0 radical (unpaired) electrons. The quantitative estimate of drug-likeness (QED) is 0.879. The normalized spacial score (nSPS) is 15.4. The Labute approximate surface area is 118 Å². The standard InChI is InChI=1S/C16H20N2O2/c1-2-18-10-12(9-17-13-4-3-5-13)14-7-6-11(16(19)20)8-15(14)18/h6-8,10,13,17H,2-5,9H2,1H3,(H,19,20). The Kier molecular flexibility index (Phi) is 3.49. The van der Waals surface area contributed by atoms with E-state index in [2.05, 4.69) is 23.0 Å². The first-order chi connectivity index (χ1) is 9.69. The fraction of sp³-hybridized carbons (Fsp3) is 0.438. The van der Waals surface area contributed by atoms with Gasteiger partial charge in [-0.3, -0.25) is 0 Å². The van der Waals surface area contributed by atoms with E-state index in [4.69, 9.17) is 5.11 Å². The predicted molar refractivity (Wildman–Crippen MR) is 79.1 cm³/mol. The number of rotatable bonds is 5. The number of benzene rings is 1. The van der Waals surface area contributed by atoms with E-state index in [0.29, 0.717) is 11.6 Å². The van der Waals surface area contributed by atoms with Gasteiger partial charge in [-0.1, -0.05) is 12.5 Å². The number of carboxylic acid groups (broad SMARTS) is 1. The van der Waals surface area contributed by atoms with E-state index in [9.17, 15) is 4.79 Å². The number of aryl methyl sites for hydroxylation is 1. The highest BCUT2D eigenvalue weighted by molar-refractivity contribution is 5.94. The average molecular weight is 272 g/mol. The molecule has 2 N–H and O–H groups in total. The van der Waals surface area contributed by atoms with E-state index in [1.165, 1.54) is 24.8 Å². The lowest BCUT2D eigenvalue weighted by Gasteiger charge is -2.26. The maximum absolute atomic E-state index is 11.1. The number of carboxylic acids is 1. The molecule has 1 saturated carbocycles. The van der Waals surface area contributed by atoms with Crippen molar-refractivity contribution in [1.82, 2.24) is 9.88 Å². The summed E-state index contributed by atoms with van der Waals surface area (Å²) in [6, 6.07) is 6.06. The average Bonchev–Trinajstić information content (AvgIpc) is 2.74. The number of aromatic carboxylic acids is 1. The van der Waals surface area contributed by atoms with Gasteiger partial charge in [-0.05, 0) is 37.5 Å². The molecule has 0 saturated heterocycles. The second kappa shape index (κ2) is 5.29. The topological polar surface area (TPSA) is 54.3 Å². The van der Waals surface area contributed by atoms with Crippen molar-refractivity contribution in [3.63, 3.8) is 0 Å². The highest BCUT2D eigenvalue weighted by Gasteiger charge is 2.17. The van der Waals surface area contributed by atoms with Gasteiger partial charge in [-0.2, -0.15) is 0 Å². The molecule has 4 heteroatoms. The Morgan fingerprint density at radius 1 is 1.45 bits per heavy atom. The Hall–Kier alpha value is -1.81. The van der Waals surface area contributed by atoms with E-state index >= 15 is 0 Å². The number of nitrogens with one attached hydrogen (secondary N) is 1. The third-order valence-corrected chi connectivity index (χ3v) is 4.24. The summed E-state index contributed by atoms with van der Waals surface area (Å²) in [6.07, 6.45) is 6.02. The summed E-state index contributed by atoms with van der Waals surface area (Å²) in [6.45, 7) is 3.79. The van der Waals surface area contributed by atoms with Crippen LogP contribution < -0.4 is 5.32 Å². The Morgan fingerprint density at radius 2 is 2.25 bits per heavy atom. The minimum Gasteiger partial charge on any atom is -0.478 e. The molecule has 3 rings (SSSR count). The molecule has 1 aliphatic rings. The second-order valence-electron chi connectivity index (χ2n) is 5.49. The van der Waals surface area contributed by atoms with E-state index in [0.717, 1.165) is 24.0 Å². The van der Waals surface area contributed by atoms with Crippen LogP contribution in [0.3, 0.4) is 0 Å². The number of hydrogen-bond donors (Lipinski definition) is 2. The number of carbonyl (C=O) groups is 1. The van der Waals surface area contributed by atoms with E-state index < -0.39 is 5.97 Å². The number of aromatic nitrogens is 1. The summed E-state index contributed by atoms with van der Waals surface area (Å²) >= 11 is 0. The van der Waals surface area contributed by atoms with Gasteiger partial charge < -0.3 is 15.0 Å². The number of nitrogens with zero attached hydrogens (tertiary/aromatic N) is 1. The third kappa shape index (κ3) is 2.31. The van der Waals surface area contributed by atoms with Gasteiger partial charge >= 0.3 is 5.97 Å². The zero-order chi connectivity index (χ0) is 14.1. The SMILES string of the molecule is CCn1cc(CNC2CCC2)c2ccc(C(=O)O)cc21. The van der Waals surface area contributed by atoms with Crippen LogP contribution in [0, 0.1) is 0 Å². The van der Waals surface area contributed by atoms with E-state index in [-0.39, 0.29) is 0 Å². The molecular formula is C16H20N2O2. The molecule has 20 heavy (non-hydrogen) atoms. The Balaban J connectivity index is 1.93. The summed E-state index contributed by atoms with van der Waals surface area (Å²) in [5, 5.41) is 13.8. The Morgan fingerprint density at radius 3 is 2.85 bits per heavy atom. The van der Waals surface area contributed by atoms with Crippen molar-refractivity contribution >= 4 is 16.9 Å². The lowest BCUT2D eigenvalue weighted by molar-refractivity contribution is 0.0697. The molecular weight excluding hydrogens is 252 g/mol. The molecule has 0 unspecified atom stereocenters. The van der Waals surface area contributed by atoms with Gasteiger partial charge in [0.25, 0.3) is 0 Å². The van der Waals surface area contributed by atoms with Crippen molar-refractivity contribution in [2.24, 2.45) is 0 Å². The van der Waals surface area contributed by atoms with Crippen LogP contribution in [0.2, 0.25) is 0 Å². The monoisotopic (exact) mass is 272 g/mol. The molecule has 1 aromatic heterocycles. The molecule has 106 valence electrons. The first-order valence-electron chi connectivity index (χ1n) is 7.27. The fourth-order valence-corrected chi connectivity index (χ4v) is 2.77. The minimum absolute atomic E-state index is 0.351. The first-order valence-corrected chi connectivity index (χ1v) is 7.27. The molecule has 0 atom stereocenters. The van der Waals surface area contributed by atoms with Crippen molar-refractivity contribution in [3.05, 3.63) is 35.5 Å². The molecule has 0 amide bonds. The minimum atomic E-state index is -0.870. The van der Waals surface area contributed by atoms with Crippen molar-refractivity contribution in [2.45, 2.75) is 45.3 Å². The van der Waals surface area contributed by atoms with Gasteiger partial charge in [0.05, 0.1) is 5.56 Å². The molecule has 0 spiro atoms. The first kappa shape index (κ1) is 13.2. The highest BCUT2D eigenvalue weighted by atomic mass is 16.4. The van der Waals surface area contributed by atoms with Crippen molar-refractivity contribution in [1.29, 1.82) is 0 Å². The van der Waals surface area contributed by atoms with Crippen molar-refractivity contribution < 1.29 is 9.90 Å². The van der Waals surface area contributed by atoms with Crippen LogP contribution in [0.15, 0.2) is 24.4 Å². The second-order valence-corrected chi connectivity index (χ2v) is 5.49. The molecule has 1 aromatic carbocycles. The van der Waals surface area contributed by atoms with Gasteiger partial charge in [-0.25, -0.2) is 4.79 Å². The van der Waals surface area contributed by atoms with Crippen LogP contribution in [0.25, 0.3) is 10.9 Å². The molecule has 1 heterocycles. The maximum Gasteiger partial charge on any atom is 0.335 e. The van der Waals surface area contributed by atoms with Gasteiger partial charge in [0.2, 0.25) is 0 Å². The van der Waals surface area contributed by atoms with Gasteiger partial charge in [-0.15, -0.1) is 0 Å². The van der Waals surface area contributed by atoms with E-state index in [1.807, 2.05) is 6.07 Å². The molecule has 1 fully saturated rings. The van der Waals surface area contributed by atoms with Crippen LogP contribution in [-0.4, -0.2) is 21.7 Å². The van der Waals surface area contributed by atoms with Gasteiger partial charge in [0.15, 0.2) is 0 Å². The predicted octanol–water partition coefficient (Wildman–Crippen LogP) is 3.00.